The predicted molar refractivity (Wildman–Crippen MR) is 34.8 cm³/mol. The van der Waals surface area contributed by atoms with Crippen molar-refractivity contribution in [3.8, 4) is 0 Å². The Hall–Kier alpha value is -0.0151. The Morgan fingerprint density at radius 2 is 2.38 bits per heavy atom. The smallest absolute Gasteiger partial charge is 0.178 e. The molecule has 0 saturated carbocycles. The van der Waals surface area contributed by atoms with Gasteiger partial charge in [0.2, 0.25) is 0 Å². The zero-order chi connectivity index (χ0) is 6.41. The monoisotopic (exact) mass is 113 g/mol. The number of ether oxygens (including phenoxy) is 1. The third-order valence-electron chi connectivity index (χ3n) is 1.04. The van der Waals surface area contributed by atoms with E-state index in [-0.39, 0.29) is 0 Å². The van der Waals surface area contributed by atoms with E-state index in [1.54, 1.807) is 7.11 Å². The summed E-state index contributed by atoms with van der Waals surface area (Å²) in [5.74, 6) is 0. The van der Waals surface area contributed by atoms with Crippen LogP contribution in [0, 0.1) is 0 Å². The molecule has 0 spiro atoms. The molecule has 2 nitrogen and oxygen atoms in total. The van der Waals surface area contributed by atoms with Crippen LogP contribution in [0.2, 0.25) is 0 Å². The fourth-order valence-corrected chi connectivity index (χ4v) is 0.378. The minimum atomic E-state index is 0.356. The molecule has 2 radical (unpaired) electrons. The van der Waals surface area contributed by atoms with Crippen LogP contribution in [0.15, 0.2) is 0 Å². The second kappa shape index (κ2) is 5.13. The van der Waals surface area contributed by atoms with E-state index >= 15 is 0 Å². The van der Waals surface area contributed by atoms with Crippen LogP contribution in [0.3, 0.4) is 0 Å². The van der Waals surface area contributed by atoms with Gasteiger partial charge in [0.25, 0.3) is 0 Å². The summed E-state index contributed by atoms with van der Waals surface area (Å²) in [6, 6.07) is 0.356. The molecule has 0 aliphatic rings. The van der Waals surface area contributed by atoms with Crippen LogP contribution < -0.4 is 5.23 Å². The van der Waals surface area contributed by atoms with Gasteiger partial charge in [-0.1, -0.05) is 6.92 Å². The molecule has 0 saturated heterocycles. The topological polar surface area (TPSA) is 21.3 Å². The number of hydrogen-bond acceptors (Lipinski definition) is 2. The summed E-state index contributed by atoms with van der Waals surface area (Å²) in [6.45, 7) is 2.78. The molecule has 0 aliphatic carbocycles. The Kier molecular flexibility index (Phi) is 5.12. The molecule has 46 valence electrons. The Labute approximate surface area is 52.0 Å². The molecule has 8 heavy (non-hydrogen) atoms. The Balaban J connectivity index is 2.86. The molecule has 0 fully saturated rings. The van der Waals surface area contributed by atoms with Crippen molar-refractivity contribution in [2.45, 2.75) is 19.4 Å². The van der Waals surface area contributed by atoms with Gasteiger partial charge in [0.05, 0.1) is 0 Å². The lowest BCUT2D eigenvalue weighted by molar-refractivity contribution is 0.188. The first-order valence-corrected chi connectivity index (χ1v) is 2.76. The zero-order valence-electron chi connectivity index (χ0n) is 5.48. The summed E-state index contributed by atoms with van der Waals surface area (Å²) >= 11 is 0. The van der Waals surface area contributed by atoms with Crippen LogP contribution in [0.1, 0.15) is 13.3 Å². The maximum Gasteiger partial charge on any atom is 0.178 e. The van der Waals surface area contributed by atoms with Crippen LogP contribution in [-0.2, 0) is 4.74 Å². The first kappa shape index (κ1) is 7.98. The van der Waals surface area contributed by atoms with E-state index in [0.29, 0.717) is 6.04 Å². The van der Waals surface area contributed by atoms with Gasteiger partial charge in [-0.2, -0.15) is 0 Å². The van der Waals surface area contributed by atoms with Crippen molar-refractivity contribution in [1.82, 2.24) is 5.23 Å². The number of hydrogen-bond donors (Lipinski definition) is 1. The highest BCUT2D eigenvalue weighted by Crippen LogP contribution is 1.86. The molecular formula is C5H12BNO. The summed E-state index contributed by atoms with van der Waals surface area (Å²) in [6.07, 6.45) is 0.965. The Morgan fingerprint density at radius 3 is 2.75 bits per heavy atom. The summed E-state index contributed by atoms with van der Waals surface area (Å²) in [7, 11) is 6.79. The lowest BCUT2D eigenvalue weighted by Gasteiger charge is -2.07. The summed E-state index contributed by atoms with van der Waals surface area (Å²) < 4.78 is 4.82. The molecule has 0 amide bonds. The largest absolute Gasteiger partial charge is 0.385 e. The van der Waals surface area contributed by atoms with E-state index in [2.05, 4.69) is 5.23 Å². The van der Waals surface area contributed by atoms with Crippen molar-refractivity contribution in [3.05, 3.63) is 0 Å². The maximum absolute atomic E-state index is 5.11. The maximum atomic E-state index is 5.11. The highest BCUT2D eigenvalue weighted by atomic mass is 16.5. The van der Waals surface area contributed by atoms with Crippen LogP contribution in [0.5, 0.6) is 0 Å². The van der Waals surface area contributed by atoms with Crippen LogP contribution in [0.25, 0.3) is 0 Å². The first-order valence-electron chi connectivity index (χ1n) is 2.76. The minimum absolute atomic E-state index is 0.356. The van der Waals surface area contributed by atoms with Crippen LogP contribution in [-0.4, -0.2) is 27.7 Å². The van der Waals surface area contributed by atoms with Crippen molar-refractivity contribution in [1.29, 1.82) is 0 Å². The van der Waals surface area contributed by atoms with Crippen molar-refractivity contribution in [3.63, 3.8) is 0 Å². The second-order valence-corrected chi connectivity index (χ2v) is 1.85. The lowest BCUT2D eigenvalue weighted by Crippen LogP contribution is -2.23. The molecule has 0 aromatic rings. The molecule has 0 rings (SSSR count). The third kappa shape index (κ3) is 4.15. The van der Waals surface area contributed by atoms with E-state index in [1.807, 2.05) is 6.92 Å². The molecule has 0 aromatic carbocycles. The normalized spacial score (nSPS) is 13.8. The number of rotatable bonds is 4. The highest BCUT2D eigenvalue weighted by Gasteiger charge is 1.93. The molecule has 0 unspecified atom stereocenters. The van der Waals surface area contributed by atoms with E-state index < -0.39 is 0 Å². The Bertz CT molecular complexity index is 51.7. The molecular weight excluding hydrogens is 101 g/mol. The van der Waals surface area contributed by atoms with Crippen molar-refractivity contribution in [2.75, 3.05) is 13.7 Å². The van der Waals surface area contributed by atoms with Gasteiger partial charge in [-0.15, -0.1) is 0 Å². The fraction of sp³-hybridized carbons (Fsp3) is 1.00. The van der Waals surface area contributed by atoms with Crippen molar-refractivity contribution >= 4 is 7.98 Å². The highest BCUT2D eigenvalue weighted by molar-refractivity contribution is 6.04. The molecule has 0 bridgehead atoms. The lowest BCUT2D eigenvalue weighted by atomic mass is 10.2. The van der Waals surface area contributed by atoms with Gasteiger partial charge in [-0.3, -0.25) is 0 Å². The zero-order valence-corrected chi connectivity index (χ0v) is 5.48. The Morgan fingerprint density at radius 1 is 1.75 bits per heavy atom. The average molecular weight is 113 g/mol. The van der Waals surface area contributed by atoms with Gasteiger partial charge in [0, 0.05) is 13.7 Å². The minimum Gasteiger partial charge on any atom is -0.385 e. The average Bonchev–Trinajstić information content (AvgIpc) is 1.83. The van der Waals surface area contributed by atoms with Gasteiger partial charge in [0.15, 0.2) is 7.98 Å². The van der Waals surface area contributed by atoms with E-state index in [4.69, 9.17) is 12.7 Å². The summed E-state index contributed by atoms with van der Waals surface area (Å²) in [5, 5.41) is 2.62. The third-order valence-corrected chi connectivity index (χ3v) is 1.04. The summed E-state index contributed by atoms with van der Waals surface area (Å²) in [4.78, 5) is 0. The molecule has 0 aromatic heterocycles. The molecule has 3 heteroatoms. The van der Waals surface area contributed by atoms with Crippen molar-refractivity contribution < 1.29 is 4.74 Å². The molecule has 1 N–H and O–H groups in total. The van der Waals surface area contributed by atoms with E-state index in [9.17, 15) is 0 Å². The molecule has 0 aliphatic heterocycles. The van der Waals surface area contributed by atoms with Crippen LogP contribution >= 0.6 is 0 Å². The summed E-state index contributed by atoms with van der Waals surface area (Å²) in [5.41, 5.74) is 0. The SMILES string of the molecule is [B]N[C@@H](C)CCOC. The number of nitrogens with one attached hydrogen (secondary N) is 1. The second-order valence-electron chi connectivity index (χ2n) is 1.85. The number of methoxy groups -OCH3 is 1. The van der Waals surface area contributed by atoms with Gasteiger partial charge in [-0.05, 0) is 12.5 Å². The van der Waals surface area contributed by atoms with Gasteiger partial charge in [-0.25, -0.2) is 0 Å². The predicted octanol–water partition coefficient (Wildman–Crippen LogP) is 0.0845. The van der Waals surface area contributed by atoms with E-state index in [0.717, 1.165) is 13.0 Å². The quantitative estimate of drug-likeness (QED) is 0.521. The van der Waals surface area contributed by atoms with E-state index in [1.165, 1.54) is 0 Å². The standard InChI is InChI=1S/C5H12BNO/c1-5(7-6)3-4-8-2/h5,7H,3-4H2,1-2H3/t5-/m0/s1. The van der Waals surface area contributed by atoms with Gasteiger partial charge < -0.3 is 9.96 Å². The van der Waals surface area contributed by atoms with Gasteiger partial charge >= 0.3 is 0 Å². The van der Waals surface area contributed by atoms with Gasteiger partial charge in [0.1, 0.15) is 0 Å². The first-order chi connectivity index (χ1) is 3.81. The van der Waals surface area contributed by atoms with Crippen molar-refractivity contribution in [2.24, 2.45) is 0 Å². The molecule has 1 atom stereocenters. The fourth-order valence-electron chi connectivity index (χ4n) is 0.378. The molecule has 0 heterocycles. The van der Waals surface area contributed by atoms with Crippen LogP contribution in [0.4, 0.5) is 0 Å².